The first kappa shape index (κ1) is 14.4. The normalized spacial score (nSPS) is 28.5. The Bertz CT molecular complexity index is 390. The molecule has 2 rings (SSSR count). The van der Waals surface area contributed by atoms with Crippen LogP contribution in [-0.2, 0) is 6.42 Å². The number of phenols is 1. The number of hydrogen-bond acceptors (Lipinski definition) is 3. The summed E-state index contributed by atoms with van der Waals surface area (Å²) in [6.45, 7) is 6.83. The van der Waals surface area contributed by atoms with E-state index in [0.29, 0.717) is 23.8 Å². The zero-order chi connectivity index (χ0) is 13.8. The molecule has 0 aliphatic carbocycles. The molecule has 1 aliphatic rings. The van der Waals surface area contributed by atoms with Crippen LogP contribution in [0.1, 0.15) is 25.8 Å². The number of nitrogens with zero attached hydrogens (tertiary/aromatic N) is 1. The minimum absolute atomic E-state index is 0.342. The molecule has 19 heavy (non-hydrogen) atoms. The molecule has 1 saturated heterocycles. The molecule has 106 valence electrons. The van der Waals surface area contributed by atoms with E-state index in [0.717, 1.165) is 13.0 Å². The third-order valence-electron chi connectivity index (χ3n) is 4.37. The monoisotopic (exact) mass is 262 g/mol. The summed E-state index contributed by atoms with van der Waals surface area (Å²) >= 11 is 0. The second-order valence-corrected chi connectivity index (χ2v) is 5.98. The van der Waals surface area contributed by atoms with Crippen molar-refractivity contribution in [3.8, 4) is 5.75 Å². The average molecular weight is 262 g/mol. The lowest BCUT2D eigenvalue weighted by atomic mass is 9.90. The summed E-state index contributed by atoms with van der Waals surface area (Å²) in [4.78, 5) is 2.45. The van der Waals surface area contributed by atoms with Crippen molar-refractivity contribution in [1.82, 2.24) is 10.2 Å². The van der Waals surface area contributed by atoms with Gasteiger partial charge in [-0.15, -0.1) is 0 Å². The van der Waals surface area contributed by atoms with Crippen molar-refractivity contribution in [2.45, 2.75) is 38.8 Å². The molecule has 0 amide bonds. The Morgan fingerprint density at radius 1 is 1.26 bits per heavy atom. The van der Waals surface area contributed by atoms with Gasteiger partial charge in [-0.25, -0.2) is 0 Å². The summed E-state index contributed by atoms with van der Waals surface area (Å²) in [5.74, 6) is 1.05. The fourth-order valence-corrected chi connectivity index (χ4v) is 2.89. The van der Waals surface area contributed by atoms with E-state index >= 15 is 0 Å². The molecule has 1 aliphatic heterocycles. The summed E-state index contributed by atoms with van der Waals surface area (Å²) in [6, 6.07) is 8.81. The van der Waals surface area contributed by atoms with Crippen LogP contribution in [-0.4, -0.2) is 42.2 Å². The summed E-state index contributed by atoms with van der Waals surface area (Å²) in [5, 5.41) is 13.0. The highest BCUT2D eigenvalue weighted by atomic mass is 16.3. The lowest BCUT2D eigenvalue weighted by Gasteiger charge is -2.40. The summed E-state index contributed by atoms with van der Waals surface area (Å²) in [5.41, 5.74) is 1.28. The third-order valence-corrected chi connectivity index (χ3v) is 4.37. The predicted octanol–water partition coefficient (Wildman–Crippen LogP) is 2.25. The van der Waals surface area contributed by atoms with Crippen LogP contribution in [0.4, 0.5) is 0 Å². The molecule has 1 aromatic rings. The van der Waals surface area contributed by atoms with Crippen molar-refractivity contribution in [3.05, 3.63) is 29.8 Å². The Morgan fingerprint density at radius 3 is 2.63 bits per heavy atom. The van der Waals surface area contributed by atoms with Gasteiger partial charge in [0.1, 0.15) is 5.75 Å². The maximum absolute atomic E-state index is 9.25. The van der Waals surface area contributed by atoms with Gasteiger partial charge in [0.25, 0.3) is 0 Å². The number of hydrogen-bond donors (Lipinski definition) is 2. The summed E-state index contributed by atoms with van der Waals surface area (Å²) in [7, 11) is 2.22. The second kappa shape index (κ2) is 6.40. The molecule has 0 aromatic heterocycles. The highest BCUT2D eigenvalue weighted by molar-refractivity contribution is 5.25. The SMILES string of the molecule is CC1CN(C)C(C)CC1NCCc1ccc(O)cc1. The first-order valence-electron chi connectivity index (χ1n) is 7.28. The molecule has 0 saturated carbocycles. The van der Waals surface area contributed by atoms with Gasteiger partial charge in [-0.3, -0.25) is 0 Å². The molecule has 3 nitrogen and oxygen atoms in total. The van der Waals surface area contributed by atoms with Crippen molar-refractivity contribution < 1.29 is 5.11 Å². The smallest absolute Gasteiger partial charge is 0.115 e. The number of nitrogens with one attached hydrogen (secondary N) is 1. The van der Waals surface area contributed by atoms with Gasteiger partial charge in [-0.05, 0) is 57.0 Å². The van der Waals surface area contributed by atoms with Crippen molar-refractivity contribution in [2.24, 2.45) is 5.92 Å². The molecule has 2 N–H and O–H groups in total. The number of aromatic hydroxyl groups is 1. The molecular formula is C16H26N2O. The van der Waals surface area contributed by atoms with Gasteiger partial charge in [-0.2, -0.15) is 0 Å². The van der Waals surface area contributed by atoms with E-state index in [1.54, 1.807) is 12.1 Å². The van der Waals surface area contributed by atoms with Crippen LogP contribution in [0.3, 0.4) is 0 Å². The van der Waals surface area contributed by atoms with Gasteiger partial charge in [0, 0.05) is 18.6 Å². The molecular weight excluding hydrogens is 236 g/mol. The predicted molar refractivity (Wildman–Crippen MR) is 79.5 cm³/mol. The highest BCUT2D eigenvalue weighted by Gasteiger charge is 2.28. The van der Waals surface area contributed by atoms with E-state index in [1.165, 1.54) is 18.5 Å². The van der Waals surface area contributed by atoms with Gasteiger partial charge in [0.15, 0.2) is 0 Å². The third kappa shape index (κ3) is 3.95. The second-order valence-electron chi connectivity index (χ2n) is 5.98. The Balaban J connectivity index is 1.77. The largest absolute Gasteiger partial charge is 0.508 e. The Hall–Kier alpha value is -1.06. The standard InChI is InChI=1S/C16H26N2O/c1-12-11-18(3)13(2)10-16(12)17-9-8-14-4-6-15(19)7-5-14/h4-7,12-13,16-17,19H,8-11H2,1-3H3. The van der Waals surface area contributed by atoms with Gasteiger partial charge >= 0.3 is 0 Å². The maximum Gasteiger partial charge on any atom is 0.115 e. The van der Waals surface area contributed by atoms with E-state index in [2.05, 4.69) is 31.1 Å². The van der Waals surface area contributed by atoms with E-state index < -0.39 is 0 Å². The number of rotatable bonds is 4. The van der Waals surface area contributed by atoms with Crippen LogP contribution in [0.2, 0.25) is 0 Å². The number of phenolic OH excluding ortho intramolecular Hbond substituents is 1. The number of likely N-dealkylation sites (tertiary alicyclic amines) is 1. The fourth-order valence-electron chi connectivity index (χ4n) is 2.89. The van der Waals surface area contributed by atoms with Crippen LogP contribution >= 0.6 is 0 Å². The Kier molecular flexibility index (Phi) is 4.83. The van der Waals surface area contributed by atoms with Gasteiger partial charge < -0.3 is 15.3 Å². The fraction of sp³-hybridized carbons (Fsp3) is 0.625. The van der Waals surface area contributed by atoms with Crippen molar-refractivity contribution >= 4 is 0 Å². The lowest BCUT2D eigenvalue weighted by Crippen LogP contribution is -2.51. The van der Waals surface area contributed by atoms with Gasteiger partial charge in [0.2, 0.25) is 0 Å². The van der Waals surface area contributed by atoms with Crippen molar-refractivity contribution in [2.75, 3.05) is 20.1 Å². The van der Waals surface area contributed by atoms with Crippen LogP contribution in [0.15, 0.2) is 24.3 Å². The van der Waals surface area contributed by atoms with Crippen molar-refractivity contribution in [3.63, 3.8) is 0 Å². The molecule has 0 bridgehead atoms. The van der Waals surface area contributed by atoms with Gasteiger partial charge in [0.05, 0.1) is 0 Å². The minimum atomic E-state index is 0.342. The molecule has 1 fully saturated rings. The van der Waals surface area contributed by atoms with E-state index in [9.17, 15) is 5.11 Å². The first-order chi connectivity index (χ1) is 9.06. The van der Waals surface area contributed by atoms with Crippen LogP contribution in [0.5, 0.6) is 5.75 Å². The van der Waals surface area contributed by atoms with E-state index in [4.69, 9.17) is 0 Å². The van der Waals surface area contributed by atoms with Gasteiger partial charge in [-0.1, -0.05) is 19.1 Å². The molecule has 3 atom stereocenters. The maximum atomic E-state index is 9.25. The summed E-state index contributed by atoms with van der Waals surface area (Å²) in [6.07, 6.45) is 2.25. The molecule has 1 aromatic carbocycles. The van der Waals surface area contributed by atoms with Crippen LogP contribution in [0.25, 0.3) is 0 Å². The molecule has 0 radical (unpaired) electrons. The minimum Gasteiger partial charge on any atom is -0.508 e. The molecule has 3 unspecified atom stereocenters. The zero-order valence-electron chi connectivity index (χ0n) is 12.3. The molecule has 0 spiro atoms. The highest BCUT2D eigenvalue weighted by Crippen LogP contribution is 2.20. The molecule has 1 heterocycles. The average Bonchev–Trinajstić information content (AvgIpc) is 2.38. The van der Waals surface area contributed by atoms with Crippen LogP contribution in [0, 0.1) is 5.92 Å². The number of piperidine rings is 1. The quantitative estimate of drug-likeness (QED) is 0.873. The first-order valence-corrected chi connectivity index (χ1v) is 7.28. The van der Waals surface area contributed by atoms with E-state index in [-0.39, 0.29) is 0 Å². The van der Waals surface area contributed by atoms with Crippen molar-refractivity contribution in [1.29, 1.82) is 0 Å². The lowest BCUT2D eigenvalue weighted by molar-refractivity contribution is 0.122. The number of benzene rings is 1. The Labute approximate surface area is 116 Å². The van der Waals surface area contributed by atoms with E-state index in [1.807, 2.05) is 12.1 Å². The Morgan fingerprint density at radius 2 is 1.95 bits per heavy atom. The van der Waals surface area contributed by atoms with Crippen LogP contribution < -0.4 is 5.32 Å². The zero-order valence-corrected chi connectivity index (χ0v) is 12.3. The molecule has 3 heteroatoms. The topological polar surface area (TPSA) is 35.5 Å². The summed E-state index contributed by atoms with van der Waals surface area (Å²) < 4.78 is 0.